The standard InChI is InChI=1S/C12H24N2S/c1-15-10-4-7-13-6-3-9-14-8-2-5-12(14)11-13/h12H,2-11H2,1H3. The molecule has 0 saturated carbocycles. The fraction of sp³-hybridized carbons (Fsp3) is 1.00. The first-order chi connectivity index (χ1) is 7.40. The van der Waals surface area contributed by atoms with Gasteiger partial charge in [-0.1, -0.05) is 0 Å². The van der Waals surface area contributed by atoms with E-state index in [4.69, 9.17) is 0 Å². The zero-order valence-corrected chi connectivity index (χ0v) is 10.8. The Labute approximate surface area is 98.4 Å². The zero-order valence-electron chi connectivity index (χ0n) is 9.95. The molecule has 0 amide bonds. The topological polar surface area (TPSA) is 6.48 Å². The lowest BCUT2D eigenvalue weighted by molar-refractivity contribution is 0.221. The van der Waals surface area contributed by atoms with Gasteiger partial charge in [-0.05, 0) is 63.9 Å². The van der Waals surface area contributed by atoms with Gasteiger partial charge in [0.05, 0.1) is 0 Å². The Hall–Kier alpha value is 0.270. The lowest BCUT2D eigenvalue weighted by Gasteiger charge is -2.25. The molecule has 2 saturated heterocycles. The zero-order chi connectivity index (χ0) is 10.5. The highest BCUT2D eigenvalue weighted by molar-refractivity contribution is 7.98. The number of thioether (sulfide) groups is 1. The molecule has 88 valence electrons. The predicted molar refractivity (Wildman–Crippen MR) is 68.7 cm³/mol. The highest BCUT2D eigenvalue weighted by Crippen LogP contribution is 2.21. The molecule has 2 rings (SSSR count). The average Bonchev–Trinajstić information content (AvgIpc) is 2.58. The minimum absolute atomic E-state index is 0.891. The molecule has 0 aliphatic carbocycles. The molecule has 2 aliphatic heterocycles. The summed E-state index contributed by atoms with van der Waals surface area (Å²) in [5.41, 5.74) is 0. The van der Waals surface area contributed by atoms with E-state index in [-0.39, 0.29) is 0 Å². The lowest BCUT2D eigenvalue weighted by Crippen LogP contribution is -2.37. The van der Waals surface area contributed by atoms with Crippen molar-refractivity contribution in [1.29, 1.82) is 0 Å². The third kappa shape index (κ3) is 3.36. The molecule has 0 aromatic carbocycles. The molecule has 0 spiro atoms. The van der Waals surface area contributed by atoms with Gasteiger partial charge in [0.25, 0.3) is 0 Å². The van der Waals surface area contributed by atoms with E-state index in [1.807, 2.05) is 11.8 Å². The normalized spacial score (nSPS) is 29.0. The Balaban J connectivity index is 1.75. The fourth-order valence-electron chi connectivity index (χ4n) is 2.92. The first-order valence-corrected chi connectivity index (χ1v) is 7.75. The molecule has 2 nitrogen and oxygen atoms in total. The Morgan fingerprint density at radius 1 is 1.20 bits per heavy atom. The quantitative estimate of drug-likeness (QED) is 0.679. The number of hydrogen-bond donors (Lipinski definition) is 0. The molecule has 0 aromatic heterocycles. The molecule has 2 heterocycles. The van der Waals surface area contributed by atoms with Gasteiger partial charge in [-0.3, -0.25) is 4.90 Å². The van der Waals surface area contributed by atoms with Gasteiger partial charge in [-0.2, -0.15) is 11.8 Å². The Bertz CT molecular complexity index is 186. The van der Waals surface area contributed by atoms with Gasteiger partial charge >= 0.3 is 0 Å². The van der Waals surface area contributed by atoms with Crippen molar-refractivity contribution in [1.82, 2.24) is 9.80 Å². The van der Waals surface area contributed by atoms with Crippen molar-refractivity contribution in [3.63, 3.8) is 0 Å². The van der Waals surface area contributed by atoms with E-state index in [9.17, 15) is 0 Å². The van der Waals surface area contributed by atoms with Crippen molar-refractivity contribution >= 4 is 11.8 Å². The highest BCUT2D eigenvalue weighted by atomic mass is 32.2. The Kier molecular flexibility index (Phi) is 4.79. The summed E-state index contributed by atoms with van der Waals surface area (Å²) < 4.78 is 0. The minimum Gasteiger partial charge on any atom is -0.302 e. The van der Waals surface area contributed by atoms with Crippen LogP contribution in [-0.2, 0) is 0 Å². The Morgan fingerprint density at radius 3 is 2.93 bits per heavy atom. The molecule has 0 aromatic rings. The minimum atomic E-state index is 0.891. The van der Waals surface area contributed by atoms with Gasteiger partial charge in [-0.15, -0.1) is 0 Å². The van der Waals surface area contributed by atoms with Crippen molar-refractivity contribution in [3.05, 3.63) is 0 Å². The van der Waals surface area contributed by atoms with E-state index in [0.29, 0.717) is 0 Å². The monoisotopic (exact) mass is 228 g/mol. The summed E-state index contributed by atoms with van der Waals surface area (Å²) in [7, 11) is 0. The van der Waals surface area contributed by atoms with Crippen LogP contribution in [0.2, 0.25) is 0 Å². The van der Waals surface area contributed by atoms with Gasteiger partial charge in [-0.25, -0.2) is 0 Å². The molecular formula is C12H24N2S. The first-order valence-electron chi connectivity index (χ1n) is 6.35. The molecular weight excluding hydrogens is 204 g/mol. The van der Waals surface area contributed by atoms with Gasteiger partial charge in [0.15, 0.2) is 0 Å². The molecule has 3 heteroatoms. The maximum Gasteiger partial charge on any atom is 0.0223 e. The molecule has 0 radical (unpaired) electrons. The van der Waals surface area contributed by atoms with Crippen LogP contribution in [0.3, 0.4) is 0 Å². The number of nitrogens with zero attached hydrogens (tertiary/aromatic N) is 2. The number of fused-ring (bicyclic) bond motifs is 1. The van der Waals surface area contributed by atoms with Crippen LogP contribution >= 0.6 is 11.8 Å². The SMILES string of the molecule is CSCCCN1CCCN2CCCC2C1. The van der Waals surface area contributed by atoms with Crippen molar-refractivity contribution in [2.45, 2.75) is 31.7 Å². The second kappa shape index (κ2) is 6.12. The van der Waals surface area contributed by atoms with Crippen LogP contribution in [-0.4, -0.2) is 60.6 Å². The average molecular weight is 228 g/mol. The highest BCUT2D eigenvalue weighted by Gasteiger charge is 2.28. The van der Waals surface area contributed by atoms with Gasteiger partial charge in [0, 0.05) is 12.6 Å². The summed E-state index contributed by atoms with van der Waals surface area (Å²) in [5.74, 6) is 1.32. The van der Waals surface area contributed by atoms with E-state index in [0.717, 1.165) is 6.04 Å². The van der Waals surface area contributed by atoms with Crippen molar-refractivity contribution in [2.75, 3.05) is 44.7 Å². The van der Waals surface area contributed by atoms with Gasteiger partial charge in [0.1, 0.15) is 0 Å². The maximum absolute atomic E-state index is 2.72. The van der Waals surface area contributed by atoms with E-state index in [2.05, 4.69) is 16.1 Å². The summed E-state index contributed by atoms with van der Waals surface area (Å²) in [5, 5.41) is 0. The summed E-state index contributed by atoms with van der Waals surface area (Å²) in [6.07, 6.45) is 7.84. The predicted octanol–water partition coefficient (Wildman–Crippen LogP) is 1.91. The van der Waals surface area contributed by atoms with Crippen LogP contribution in [0.15, 0.2) is 0 Å². The fourth-order valence-corrected chi connectivity index (χ4v) is 3.34. The molecule has 15 heavy (non-hydrogen) atoms. The second-order valence-corrected chi connectivity index (χ2v) is 5.82. The van der Waals surface area contributed by atoms with Crippen molar-refractivity contribution in [3.8, 4) is 0 Å². The van der Waals surface area contributed by atoms with Crippen LogP contribution in [0.4, 0.5) is 0 Å². The largest absolute Gasteiger partial charge is 0.302 e. The third-order valence-corrected chi connectivity index (χ3v) is 4.41. The number of rotatable bonds is 4. The van der Waals surface area contributed by atoms with Gasteiger partial charge in [0.2, 0.25) is 0 Å². The van der Waals surface area contributed by atoms with Crippen molar-refractivity contribution < 1.29 is 0 Å². The summed E-state index contributed by atoms with van der Waals surface area (Å²) in [6.45, 7) is 6.72. The summed E-state index contributed by atoms with van der Waals surface area (Å²) >= 11 is 1.98. The molecule has 2 aliphatic rings. The van der Waals surface area contributed by atoms with E-state index < -0.39 is 0 Å². The van der Waals surface area contributed by atoms with Crippen molar-refractivity contribution in [2.24, 2.45) is 0 Å². The maximum atomic E-state index is 2.72. The van der Waals surface area contributed by atoms with Gasteiger partial charge < -0.3 is 4.90 Å². The van der Waals surface area contributed by atoms with E-state index in [1.54, 1.807) is 0 Å². The van der Waals surface area contributed by atoms with Crippen LogP contribution in [0.5, 0.6) is 0 Å². The van der Waals surface area contributed by atoms with E-state index in [1.165, 1.54) is 64.2 Å². The van der Waals surface area contributed by atoms with Crippen LogP contribution in [0.1, 0.15) is 25.7 Å². The van der Waals surface area contributed by atoms with E-state index >= 15 is 0 Å². The Morgan fingerprint density at radius 2 is 2.07 bits per heavy atom. The molecule has 1 unspecified atom stereocenters. The summed E-state index contributed by atoms with van der Waals surface area (Å²) in [4.78, 5) is 5.42. The van der Waals surface area contributed by atoms with Crippen LogP contribution < -0.4 is 0 Å². The molecule has 0 bridgehead atoms. The second-order valence-electron chi connectivity index (χ2n) is 4.83. The molecule has 0 N–H and O–H groups in total. The summed E-state index contributed by atoms with van der Waals surface area (Å²) in [6, 6.07) is 0.891. The smallest absolute Gasteiger partial charge is 0.0223 e. The molecule has 1 atom stereocenters. The van der Waals surface area contributed by atoms with Crippen LogP contribution in [0.25, 0.3) is 0 Å². The molecule has 2 fully saturated rings. The van der Waals surface area contributed by atoms with Crippen LogP contribution in [0, 0.1) is 0 Å². The first kappa shape index (κ1) is 11.7. The lowest BCUT2D eigenvalue weighted by atomic mass is 10.2. The number of hydrogen-bond acceptors (Lipinski definition) is 3. The third-order valence-electron chi connectivity index (χ3n) is 3.71.